The first kappa shape index (κ1) is 21.2. The molecule has 0 aromatic carbocycles. The molecular weight excluding hydrogens is 376 g/mol. The quantitative estimate of drug-likeness (QED) is 0.619. The van der Waals surface area contributed by atoms with Gasteiger partial charge < -0.3 is 15.3 Å². The largest absolute Gasteiger partial charge is 0.481 e. The Morgan fingerprint density at radius 3 is 2.27 bits per heavy atom. The normalized spacial score (nSPS) is 56.2. The van der Waals surface area contributed by atoms with Gasteiger partial charge in [-0.2, -0.15) is 0 Å². The minimum absolute atomic E-state index is 0.132. The maximum Gasteiger partial charge on any atom is 0.306 e. The Morgan fingerprint density at radius 2 is 1.60 bits per heavy atom. The van der Waals surface area contributed by atoms with E-state index in [-0.39, 0.29) is 29.0 Å². The van der Waals surface area contributed by atoms with Crippen LogP contribution in [0.2, 0.25) is 0 Å². The van der Waals surface area contributed by atoms with E-state index in [0.29, 0.717) is 41.4 Å². The molecule has 170 valence electrons. The van der Waals surface area contributed by atoms with Gasteiger partial charge in [0.1, 0.15) is 0 Å². The van der Waals surface area contributed by atoms with Crippen LogP contribution in [0, 0.1) is 58.2 Å². The molecule has 5 rings (SSSR count). The second-order valence-corrected chi connectivity index (χ2v) is 12.5. The van der Waals surface area contributed by atoms with Crippen LogP contribution in [-0.4, -0.2) is 33.5 Å². The van der Waals surface area contributed by atoms with Gasteiger partial charge in [0.05, 0.1) is 18.1 Å². The standard InChI is InChI=1S/C26H42O4/c1-14(17-4-5-18(17)24(29)30)19-6-7-20-23-21(9-11-26(19,20)3)25(2)10-8-16(27)12-15(25)13-22(23)28/h14-23,27-28H,4-13H2,1-3H3,(H,29,30)/t14-,15+,16-,17+,18-,19-,20?,21?,22-,23?,25+,26-/m1/s1. The van der Waals surface area contributed by atoms with Gasteiger partial charge in [-0.25, -0.2) is 0 Å². The molecule has 0 saturated heterocycles. The van der Waals surface area contributed by atoms with Crippen LogP contribution < -0.4 is 0 Å². The molecule has 5 aliphatic rings. The second kappa shape index (κ2) is 7.20. The van der Waals surface area contributed by atoms with Crippen molar-refractivity contribution in [3.63, 3.8) is 0 Å². The van der Waals surface area contributed by atoms with Crippen LogP contribution in [0.4, 0.5) is 0 Å². The van der Waals surface area contributed by atoms with Crippen molar-refractivity contribution in [2.45, 2.75) is 97.2 Å². The Bertz CT molecular complexity index is 693. The van der Waals surface area contributed by atoms with Crippen LogP contribution in [0.3, 0.4) is 0 Å². The van der Waals surface area contributed by atoms with Crippen LogP contribution in [0.5, 0.6) is 0 Å². The Kier molecular flexibility index (Phi) is 5.10. The molecule has 0 spiro atoms. The molecular formula is C26H42O4. The minimum Gasteiger partial charge on any atom is -0.481 e. The first-order valence-corrected chi connectivity index (χ1v) is 12.8. The summed E-state index contributed by atoms with van der Waals surface area (Å²) in [6, 6.07) is 0. The van der Waals surface area contributed by atoms with Crippen molar-refractivity contribution >= 4 is 5.97 Å². The average molecular weight is 419 g/mol. The number of aliphatic hydroxyl groups excluding tert-OH is 2. The highest BCUT2D eigenvalue weighted by atomic mass is 16.4. The lowest BCUT2D eigenvalue weighted by Gasteiger charge is -2.62. The lowest BCUT2D eigenvalue weighted by molar-refractivity contribution is -0.176. The second-order valence-electron chi connectivity index (χ2n) is 12.5. The average Bonchev–Trinajstić information content (AvgIpc) is 2.99. The summed E-state index contributed by atoms with van der Waals surface area (Å²) in [6.07, 6.45) is 10.1. The van der Waals surface area contributed by atoms with Gasteiger partial charge in [-0.05, 0) is 116 Å². The summed E-state index contributed by atoms with van der Waals surface area (Å²) in [4.78, 5) is 11.6. The number of carboxylic acid groups (broad SMARTS) is 1. The number of aliphatic carboxylic acids is 1. The molecule has 4 heteroatoms. The van der Waals surface area contributed by atoms with E-state index in [1.165, 1.54) is 25.7 Å². The fourth-order valence-electron chi connectivity index (χ4n) is 9.86. The maximum absolute atomic E-state index is 11.6. The molecule has 0 aromatic heterocycles. The topological polar surface area (TPSA) is 77.8 Å². The van der Waals surface area contributed by atoms with Crippen molar-refractivity contribution in [1.29, 1.82) is 0 Å². The molecule has 5 saturated carbocycles. The number of fused-ring (bicyclic) bond motifs is 5. The van der Waals surface area contributed by atoms with Crippen molar-refractivity contribution in [3.8, 4) is 0 Å². The first-order valence-electron chi connectivity index (χ1n) is 12.8. The van der Waals surface area contributed by atoms with Crippen molar-refractivity contribution < 1.29 is 20.1 Å². The van der Waals surface area contributed by atoms with E-state index in [1.54, 1.807) is 0 Å². The van der Waals surface area contributed by atoms with Crippen LogP contribution in [0.25, 0.3) is 0 Å². The Hall–Kier alpha value is -0.610. The summed E-state index contributed by atoms with van der Waals surface area (Å²) in [7, 11) is 0. The molecule has 3 N–H and O–H groups in total. The zero-order valence-corrected chi connectivity index (χ0v) is 19.1. The Morgan fingerprint density at radius 1 is 0.900 bits per heavy atom. The zero-order valence-electron chi connectivity index (χ0n) is 19.1. The Labute approximate surface area is 181 Å². The summed E-state index contributed by atoms with van der Waals surface area (Å²) in [5.74, 6) is 2.71. The third kappa shape index (κ3) is 2.88. The molecule has 0 radical (unpaired) electrons. The number of rotatable bonds is 3. The van der Waals surface area contributed by atoms with E-state index in [2.05, 4.69) is 20.8 Å². The SMILES string of the molecule is C[C@H]([C@@H]1CC[C@H]1C(=O)O)[C@H]1CCC2C3C(CC[C@@]21C)[C@@]1(C)CC[C@@H](O)C[C@H]1C[C@H]3O. The lowest BCUT2D eigenvalue weighted by Crippen LogP contribution is -2.59. The molecule has 0 bridgehead atoms. The number of hydrogen-bond donors (Lipinski definition) is 3. The number of carboxylic acids is 1. The molecule has 3 unspecified atom stereocenters. The predicted molar refractivity (Wildman–Crippen MR) is 116 cm³/mol. The van der Waals surface area contributed by atoms with Gasteiger partial charge >= 0.3 is 5.97 Å². The number of hydrogen-bond acceptors (Lipinski definition) is 3. The van der Waals surface area contributed by atoms with E-state index < -0.39 is 5.97 Å². The van der Waals surface area contributed by atoms with E-state index >= 15 is 0 Å². The van der Waals surface area contributed by atoms with E-state index in [9.17, 15) is 20.1 Å². The first-order chi connectivity index (χ1) is 14.2. The summed E-state index contributed by atoms with van der Waals surface area (Å²) >= 11 is 0. The molecule has 0 aliphatic heterocycles. The van der Waals surface area contributed by atoms with Crippen molar-refractivity contribution in [1.82, 2.24) is 0 Å². The minimum atomic E-state index is -0.595. The fourth-order valence-corrected chi connectivity index (χ4v) is 9.86. The van der Waals surface area contributed by atoms with E-state index in [1.807, 2.05) is 0 Å². The molecule has 0 heterocycles. The lowest BCUT2D eigenvalue weighted by atomic mass is 9.43. The molecule has 5 fully saturated rings. The highest BCUT2D eigenvalue weighted by Gasteiger charge is 2.63. The van der Waals surface area contributed by atoms with Gasteiger partial charge in [-0.3, -0.25) is 4.79 Å². The highest BCUT2D eigenvalue weighted by Crippen LogP contribution is 2.69. The summed E-state index contributed by atoms with van der Waals surface area (Å²) in [6.45, 7) is 7.29. The van der Waals surface area contributed by atoms with Crippen molar-refractivity contribution in [2.24, 2.45) is 58.2 Å². The summed E-state index contributed by atoms with van der Waals surface area (Å²) < 4.78 is 0. The van der Waals surface area contributed by atoms with Crippen LogP contribution in [0.15, 0.2) is 0 Å². The molecule has 0 aromatic rings. The van der Waals surface area contributed by atoms with Gasteiger partial charge in [-0.1, -0.05) is 20.8 Å². The van der Waals surface area contributed by atoms with Crippen molar-refractivity contribution in [2.75, 3.05) is 0 Å². The van der Waals surface area contributed by atoms with E-state index in [4.69, 9.17) is 0 Å². The zero-order chi connectivity index (χ0) is 21.4. The third-order valence-corrected chi connectivity index (χ3v) is 11.7. The van der Waals surface area contributed by atoms with Crippen LogP contribution >= 0.6 is 0 Å². The van der Waals surface area contributed by atoms with Gasteiger partial charge in [0.15, 0.2) is 0 Å². The molecule has 5 aliphatic carbocycles. The van der Waals surface area contributed by atoms with Gasteiger partial charge in [0, 0.05) is 0 Å². The van der Waals surface area contributed by atoms with E-state index in [0.717, 1.165) is 38.5 Å². The van der Waals surface area contributed by atoms with Gasteiger partial charge in [0.2, 0.25) is 0 Å². The predicted octanol–water partition coefficient (Wildman–Crippen LogP) is 4.72. The number of aliphatic hydroxyl groups is 2. The third-order valence-electron chi connectivity index (χ3n) is 11.7. The van der Waals surface area contributed by atoms with Crippen LogP contribution in [0.1, 0.15) is 85.0 Å². The molecule has 4 nitrogen and oxygen atoms in total. The van der Waals surface area contributed by atoms with Gasteiger partial charge in [0.25, 0.3) is 0 Å². The summed E-state index contributed by atoms with van der Waals surface area (Å²) in [5, 5.41) is 31.2. The van der Waals surface area contributed by atoms with Gasteiger partial charge in [-0.15, -0.1) is 0 Å². The fraction of sp³-hybridized carbons (Fsp3) is 0.962. The molecule has 30 heavy (non-hydrogen) atoms. The monoisotopic (exact) mass is 418 g/mol. The summed E-state index contributed by atoms with van der Waals surface area (Å²) in [5.41, 5.74) is 0.522. The smallest absolute Gasteiger partial charge is 0.306 e. The Balaban J connectivity index is 1.39. The highest BCUT2D eigenvalue weighted by molar-refractivity contribution is 5.71. The molecule has 12 atom stereocenters. The van der Waals surface area contributed by atoms with Crippen LogP contribution in [-0.2, 0) is 4.79 Å². The van der Waals surface area contributed by atoms with Crippen molar-refractivity contribution in [3.05, 3.63) is 0 Å². The maximum atomic E-state index is 11.6. The molecule has 0 amide bonds. The number of carbonyl (C=O) groups is 1.